The second-order valence-corrected chi connectivity index (χ2v) is 3.09. The molecular weight excluding hydrogens is 212 g/mol. The molecule has 0 amide bonds. The lowest BCUT2D eigenvalue weighted by Gasteiger charge is -2.15. The van der Waals surface area contributed by atoms with E-state index in [-0.39, 0.29) is 6.07 Å². The van der Waals surface area contributed by atoms with Crippen LogP contribution in [0.2, 0.25) is 0 Å². The number of amidine groups is 1. The van der Waals surface area contributed by atoms with Crippen molar-refractivity contribution in [3.05, 3.63) is 34.9 Å². The Morgan fingerprint density at radius 1 is 1.07 bits per heavy atom. The predicted molar refractivity (Wildman–Crippen MR) is 46.8 cm³/mol. The summed E-state index contributed by atoms with van der Waals surface area (Å²) in [7, 11) is 2.73. The number of hydrogen-bond acceptors (Lipinski definition) is 1. The Morgan fingerprint density at radius 2 is 1.60 bits per heavy atom. The lowest BCUT2D eigenvalue weighted by molar-refractivity contribution is 0.430. The van der Waals surface area contributed by atoms with Crippen molar-refractivity contribution in [2.24, 2.45) is 0 Å². The third kappa shape index (κ3) is 1.93. The van der Waals surface area contributed by atoms with Gasteiger partial charge in [-0.2, -0.15) is 0 Å². The van der Waals surface area contributed by atoms with Crippen molar-refractivity contribution in [1.82, 2.24) is 4.90 Å². The molecule has 0 saturated heterocycles. The van der Waals surface area contributed by atoms with Gasteiger partial charge >= 0.3 is 0 Å². The summed E-state index contributed by atoms with van der Waals surface area (Å²) >= 11 is 0. The molecule has 82 valence electrons. The number of nitrogens with zero attached hydrogens (tertiary/aromatic N) is 1. The number of hydrogen-bond donors (Lipinski definition) is 1. The van der Waals surface area contributed by atoms with E-state index in [1.165, 1.54) is 14.1 Å². The van der Waals surface area contributed by atoms with Gasteiger partial charge in [-0.25, -0.2) is 17.6 Å². The Balaban J connectivity index is 3.43. The SMILES string of the molecule is CN(C)C(=N)c1c(F)cc(F)c(F)c1F. The van der Waals surface area contributed by atoms with Crippen LogP contribution in [0.5, 0.6) is 0 Å². The minimum absolute atomic E-state index is 0.214. The number of rotatable bonds is 1. The molecule has 0 radical (unpaired) electrons. The maximum Gasteiger partial charge on any atom is 0.195 e. The van der Waals surface area contributed by atoms with E-state index in [0.29, 0.717) is 0 Å². The zero-order valence-electron chi connectivity index (χ0n) is 8.04. The summed E-state index contributed by atoms with van der Waals surface area (Å²) in [5, 5.41) is 7.29. The third-order valence-electron chi connectivity index (χ3n) is 1.80. The molecule has 1 aromatic carbocycles. The summed E-state index contributed by atoms with van der Waals surface area (Å²) in [5.74, 6) is -6.95. The van der Waals surface area contributed by atoms with E-state index in [1.807, 2.05) is 0 Å². The van der Waals surface area contributed by atoms with Gasteiger partial charge in [0.25, 0.3) is 0 Å². The molecule has 1 rings (SSSR count). The quantitative estimate of drug-likeness (QED) is 0.253. The van der Waals surface area contributed by atoms with Gasteiger partial charge in [0, 0.05) is 20.2 Å². The highest BCUT2D eigenvalue weighted by Crippen LogP contribution is 2.19. The molecule has 0 aliphatic carbocycles. The van der Waals surface area contributed by atoms with Gasteiger partial charge in [0.15, 0.2) is 17.5 Å². The fourth-order valence-electron chi connectivity index (χ4n) is 1.01. The van der Waals surface area contributed by atoms with Crippen LogP contribution < -0.4 is 0 Å². The van der Waals surface area contributed by atoms with Crippen LogP contribution in [0.15, 0.2) is 6.07 Å². The van der Waals surface area contributed by atoms with Crippen LogP contribution in [-0.2, 0) is 0 Å². The van der Waals surface area contributed by atoms with Crippen LogP contribution in [0.3, 0.4) is 0 Å². The molecule has 0 saturated carbocycles. The van der Waals surface area contributed by atoms with Gasteiger partial charge < -0.3 is 4.90 Å². The standard InChI is InChI=1S/C9H8F4N2/c1-15(2)9(14)6-4(10)3-5(11)7(12)8(6)13/h3,14H,1-2H3. The second kappa shape index (κ2) is 3.88. The fraction of sp³-hybridized carbons (Fsp3) is 0.222. The highest BCUT2D eigenvalue weighted by atomic mass is 19.2. The van der Waals surface area contributed by atoms with Gasteiger partial charge in [-0.15, -0.1) is 0 Å². The highest BCUT2D eigenvalue weighted by molar-refractivity contribution is 5.96. The Kier molecular flexibility index (Phi) is 2.97. The molecule has 1 N–H and O–H groups in total. The zero-order chi connectivity index (χ0) is 11.7. The average Bonchev–Trinajstić information content (AvgIpc) is 2.14. The van der Waals surface area contributed by atoms with E-state index in [1.54, 1.807) is 0 Å². The van der Waals surface area contributed by atoms with Gasteiger partial charge in [-0.3, -0.25) is 5.41 Å². The zero-order valence-corrected chi connectivity index (χ0v) is 8.04. The normalized spacial score (nSPS) is 10.3. The first-order valence-electron chi connectivity index (χ1n) is 3.95. The fourth-order valence-corrected chi connectivity index (χ4v) is 1.01. The van der Waals surface area contributed by atoms with Crippen LogP contribution in [0.25, 0.3) is 0 Å². The van der Waals surface area contributed by atoms with E-state index in [2.05, 4.69) is 0 Å². The molecular formula is C9H8F4N2. The molecule has 0 fully saturated rings. The van der Waals surface area contributed by atoms with Crippen molar-refractivity contribution in [1.29, 1.82) is 5.41 Å². The number of nitrogens with one attached hydrogen (secondary N) is 1. The van der Waals surface area contributed by atoms with Crippen LogP contribution in [0, 0.1) is 28.7 Å². The molecule has 1 aromatic rings. The molecule has 0 aliphatic heterocycles. The van der Waals surface area contributed by atoms with Crippen LogP contribution in [0.1, 0.15) is 5.56 Å². The summed E-state index contributed by atoms with van der Waals surface area (Å²) in [6.07, 6.45) is 0. The van der Waals surface area contributed by atoms with Crippen molar-refractivity contribution < 1.29 is 17.6 Å². The van der Waals surface area contributed by atoms with E-state index in [0.717, 1.165) is 4.90 Å². The van der Waals surface area contributed by atoms with Crippen molar-refractivity contribution in [3.8, 4) is 0 Å². The van der Waals surface area contributed by atoms with Gasteiger partial charge in [0.05, 0.1) is 5.56 Å². The van der Waals surface area contributed by atoms with E-state index in [9.17, 15) is 17.6 Å². The highest BCUT2D eigenvalue weighted by Gasteiger charge is 2.22. The average molecular weight is 220 g/mol. The van der Waals surface area contributed by atoms with Crippen LogP contribution in [-0.4, -0.2) is 24.8 Å². The molecule has 0 unspecified atom stereocenters. The molecule has 0 aliphatic rings. The van der Waals surface area contributed by atoms with Crippen molar-refractivity contribution in [2.45, 2.75) is 0 Å². The molecule has 0 heterocycles. The first kappa shape index (κ1) is 11.5. The lowest BCUT2D eigenvalue weighted by Crippen LogP contribution is -2.25. The largest absolute Gasteiger partial charge is 0.363 e. The number of halogens is 4. The molecule has 0 atom stereocenters. The third-order valence-corrected chi connectivity index (χ3v) is 1.80. The van der Waals surface area contributed by atoms with E-state index >= 15 is 0 Å². The monoisotopic (exact) mass is 220 g/mol. The van der Waals surface area contributed by atoms with Gasteiger partial charge in [-0.1, -0.05) is 0 Å². The molecule has 6 heteroatoms. The van der Waals surface area contributed by atoms with Crippen LogP contribution >= 0.6 is 0 Å². The molecule has 0 spiro atoms. The molecule has 0 aromatic heterocycles. The minimum Gasteiger partial charge on any atom is -0.363 e. The van der Waals surface area contributed by atoms with Crippen LogP contribution in [0.4, 0.5) is 17.6 Å². The topological polar surface area (TPSA) is 27.1 Å². The Bertz CT molecular complexity index is 415. The van der Waals surface area contributed by atoms with Gasteiger partial charge in [0.1, 0.15) is 11.7 Å². The smallest absolute Gasteiger partial charge is 0.195 e. The summed E-state index contributed by atoms with van der Waals surface area (Å²) < 4.78 is 51.5. The summed E-state index contributed by atoms with van der Waals surface area (Å²) in [4.78, 5) is 1.08. The van der Waals surface area contributed by atoms with Crippen molar-refractivity contribution in [3.63, 3.8) is 0 Å². The van der Waals surface area contributed by atoms with Crippen molar-refractivity contribution in [2.75, 3.05) is 14.1 Å². The Labute approximate surface area is 83.6 Å². The first-order chi connectivity index (χ1) is 6.86. The summed E-state index contributed by atoms with van der Waals surface area (Å²) in [5.41, 5.74) is -0.876. The minimum atomic E-state index is -1.78. The second-order valence-electron chi connectivity index (χ2n) is 3.09. The number of benzene rings is 1. The summed E-state index contributed by atoms with van der Waals surface area (Å²) in [6, 6.07) is 0.214. The maximum absolute atomic E-state index is 13.1. The maximum atomic E-state index is 13.1. The Morgan fingerprint density at radius 3 is 2.07 bits per heavy atom. The van der Waals surface area contributed by atoms with E-state index in [4.69, 9.17) is 5.41 Å². The molecule has 0 bridgehead atoms. The van der Waals surface area contributed by atoms with Crippen molar-refractivity contribution >= 4 is 5.84 Å². The lowest BCUT2D eigenvalue weighted by atomic mass is 10.1. The van der Waals surface area contributed by atoms with Gasteiger partial charge in [0.2, 0.25) is 0 Å². The Hall–Kier alpha value is -1.59. The molecule has 2 nitrogen and oxygen atoms in total. The summed E-state index contributed by atoms with van der Waals surface area (Å²) in [6.45, 7) is 0. The first-order valence-corrected chi connectivity index (χ1v) is 3.95. The van der Waals surface area contributed by atoms with E-state index < -0.39 is 34.7 Å². The van der Waals surface area contributed by atoms with Gasteiger partial charge in [-0.05, 0) is 0 Å². The predicted octanol–water partition coefficient (Wildman–Crippen LogP) is 2.13. The molecule has 15 heavy (non-hydrogen) atoms.